The van der Waals surface area contributed by atoms with Crippen molar-refractivity contribution >= 4 is 5.96 Å². The van der Waals surface area contributed by atoms with E-state index in [1.807, 2.05) is 31.5 Å². The molecule has 1 unspecified atom stereocenters. The van der Waals surface area contributed by atoms with Crippen molar-refractivity contribution in [1.29, 1.82) is 0 Å². The highest BCUT2D eigenvalue weighted by atomic mass is 16.5. The molecule has 0 aliphatic carbocycles. The van der Waals surface area contributed by atoms with Gasteiger partial charge in [0.1, 0.15) is 23.9 Å². The first kappa shape index (κ1) is 23.8. The molecule has 2 heterocycles. The Morgan fingerprint density at radius 2 is 1.94 bits per heavy atom. The second-order valence-electron chi connectivity index (χ2n) is 7.92. The van der Waals surface area contributed by atoms with Crippen molar-refractivity contribution in [3.05, 3.63) is 35.4 Å². The molecule has 1 saturated heterocycles. The van der Waals surface area contributed by atoms with E-state index < -0.39 is 0 Å². The van der Waals surface area contributed by atoms with Crippen LogP contribution in [0.25, 0.3) is 0 Å². The topological polar surface area (TPSA) is 86.0 Å². The largest absolute Gasteiger partial charge is 0.497 e. The minimum atomic E-state index is 0.381. The lowest BCUT2D eigenvalue weighted by molar-refractivity contribution is 0.145. The van der Waals surface area contributed by atoms with Crippen LogP contribution in [-0.2, 0) is 18.3 Å². The summed E-state index contributed by atoms with van der Waals surface area (Å²) < 4.78 is 18.4. The van der Waals surface area contributed by atoms with Crippen LogP contribution in [0.5, 0.6) is 11.5 Å². The zero-order valence-electron chi connectivity index (χ0n) is 19.9. The Morgan fingerprint density at radius 1 is 1.19 bits per heavy atom. The summed E-state index contributed by atoms with van der Waals surface area (Å²) in [5.41, 5.74) is 1.23. The number of aromatic nitrogens is 3. The van der Waals surface area contributed by atoms with E-state index >= 15 is 0 Å². The van der Waals surface area contributed by atoms with Gasteiger partial charge in [-0.2, -0.15) is 0 Å². The van der Waals surface area contributed by atoms with Crippen LogP contribution in [0.4, 0.5) is 0 Å². The maximum absolute atomic E-state index is 5.47. The Kier molecular flexibility index (Phi) is 8.72. The third-order valence-corrected chi connectivity index (χ3v) is 5.84. The van der Waals surface area contributed by atoms with Crippen molar-refractivity contribution in [3.8, 4) is 11.5 Å². The van der Waals surface area contributed by atoms with Crippen molar-refractivity contribution in [2.24, 2.45) is 12.0 Å². The highest BCUT2D eigenvalue weighted by Gasteiger charge is 2.27. The highest BCUT2D eigenvalue weighted by Crippen LogP contribution is 2.33. The molecule has 9 heteroatoms. The summed E-state index contributed by atoms with van der Waals surface area (Å²) in [6, 6.07) is 6.11. The van der Waals surface area contributed by atoms with Crippen molar-refractivity contribution in [1.82, 2.24) is 25.0 Å². The molecule has 1 atom stereocenters. The lowest BCUT2D eigenvalue weighted by Gasteiger charge is -2.22. The number of aryl methyl sites for hydroxylation is 1. The maximum Gasteiger partial charge on any atom is 0.194 e. The van der Waals surface area contributed by atoms with E-state index in [0.29, 0.717) is 12.5 Å². The van der Waals surface area contributed by atoms with Gasteiger partial charge in [-0.1, -0.05) is 0 Å². The minimum absolute atomic E-state index is 0.381. The first-order chi connectivity index (χ1) is 15.5. The number of hydrogen-bond acceptors (Lipinski definition) is 6. The van der Waals surface area contributed by atoms with Gasteiger partial charge in [0.25, 0.3) is 0 Å². The molecular formula is C23H36N6O3. The van der Waals surface area contributed by atoms with Gasteiger partial charge in [-0.05, 0) is 44.4 Å². The van der Waals surface area contributed by atoms with Gasteiger partial charge in [-0.25, -0.2) is 4.99 Å². The smallest absolute Gasteiger partial charge is 0.194 e. The summed E-state index contributed by atoms with van der Waals surface area (Å²) in [5, 5.41) is 11.9. The van der Waals surface area contributed by atoms with Gasteiger partial charge in [0.15, 0.2) is 11.8 Å². The quantitative estimate of drug-likeness (QED) is 0.342. The van der Waals surface area contributed by atoms with Crippen molar-refractivity contribution < 1.29 is 14.2 Å². The molecule has 2 aromatic rings. The van der Waals surface area contributed by atoms with Crippen molar-refractivity contribution in [2.45, 2.75) is 39.2 Å². The number of ether oxygens (including phenoxy) is 3. The zero-order valence-corrected chi connectivity index (χ0v) is 19.9. The summed E-state index contributed by atoms with van der Waals surface area (Å²) in [6.45, 7) is 8.55. The van der Waals surface area contributed by atoms with E-state index in [1.54, 1.807) is 14.2 Å². The molecule has 0 bridgehead atoms. The van der Waals surface area contributed by atoms with Gasteiger partial charge in [0.05, 0.1) is 14.2 Å². The standard InChI is InChI=1S/C23H36N6O3/c1-6-32-11-7-9-24-23(25-15-22-27-26-17(2)28(22)3)29-10-8-18(16-29)19-12-20(30-4)14-21(13-19)31-5/h12-14,18H,6-11,15-16H2,1-5H3,(H,24,25). The van der Waals surface area contributed by atoms with Crippen LogP contribution in [0.15, 0.2) is 23.2 Å². The van der Waals surface area contributed by atoms with E-state index in [0.717, 1.165) is 74.8 Å². The van der Waals surface area contributed by atoms with Crippen molar-refractivity contribution in [3.63, 3.8) is 0 Å². The number of nitrogens with one attached hydrogen (secondary N) is 1. The summed E-state index contributed by atoms with van der Waals surface area (Å²) in [5.74, 6) is 4.65. The average molecular weight is 445 g/mol. The normalized spacial score (nSPS) is 16.5. The van der Waals surface area contributed by atoms with Gasteiger partial charge in [-0.15, -0.1) is 10.2 Å². The number of nitrogens with zero attached hydrogens (tertiary/aromatic N) is 5. The fraction of sp³-hybridized carbons (Fsp3) is 0.609. The van der Waals surface area contributed by atoms with Crippen LogP contribution in [0.2, 0.25) is 0 Å². The van der Waals surface area contributed by atoms with E-state index in [-0.39, 0.29) is 0 Å². The lowest BCUT2D eigenvalue weighted by Crippen LogP contribution is -2.40. The Labute approximate surface area is 190 Å². The molecule has 0 radical (unpaired) electrons. The average Bonchev–Trinajstić information content (AvgIpc) is 3.43. The third-order valence-electron chi connectivity index (χ3n) is 5.84. The molecule has 32 heavy (non-hydrogen) atoms. The van der Waals surface area contributed by atoms with E-state index in [2.05, 4.69) is 32.5 Å². The Morgan fingerprint density at radius 3 is 2.56 bits per heavy atom. The van der Waals surface area contributed by atoms with E-state index in [1.165, 1.54) is 5.56 Å². The Balaban J connectivity index is 1.71. The highest BCUT2D eigenvalue weighted by molar-refractivity contribution is 5.80. The van der Waals surface area contributed by atoms with Crippen LogP contribution in [0, 0.1) is 6.92 Å². The number of likely N-dealkylation sites (tertiary alicyclic amines) is 1. The number of rotatable bonds is 10. The predicted octanol–water partition coefficient (Wildman–Crippen LogP) is 2.50. The first-order valence-electron chi connectivity index (χ1n) is 11.2. The molecule has 1 fully saturated rings. The van der Waals surface area contributed by atoms with Crippen LogP contribution in [-0.4, -0.2) is 72.7 Å². The number of methoxy groups -OCH3 is 2. The van der Waals surface area contributed by atoms with Crippen LogP contribution < -0.4 is 14.8 Å². The number of hydrogen-bond donors (Lipinski definition) is 1. The van der Waals surface area contributed by atoms with E-state index in [4.69, 9.17) is 19.2 Å². The Hall–Kier alpha value is -2.81. The molecule has 1 aromatic heterocycles. The second-order valence-corrected chi connectivity index (χ2v) is 7.92. The van der Waals surface area contributed by atoms with Crippen LogP contribution >= 0.6 is 0 Å². The van der Waals surface area contributed by atoms with Gasteiger partial charge < -0.3 is 29.0 Å². The fourth-order valence-corrected chi connectivity index (χ4v) is 3.81. The zero-order chi connectivity index (χ0) is 22.9. The van der Waals surface area contributed by atoms with Crippen LogP contribution in [0.3, 0.4) is 0 Å². The van der Waals surface area contributed by atoms with Crippen molar-refractivity contribution in [2.75, 3.05) is 47.1 Å². The summed E-state index contributed by atoms with van der Waals surface area (Å²) in [6.07, 6.45) is 1.97. The molecular weight excluding hydrogens is 408 g/mol. The number of guanidine groups is 1. The second kappa shape index (κ2) is 11.7. The molecule has 176 valence electrons. The molecule has 0 saturated carbocycles. The third kappa shape index (κ3) is 6.12. The first-order valence-corrected chi connectivity index (χ1v) is 11.2. The molecule has 9 nitrogen and oxygen atoms in total. The van der Waals surface area contributed by atoms with Crippen LogP contribution in [0.1, 0.15) is 42.9 Å². The molecule has 1 aromatic carbocycles. The fourth-order valence-electron chi connectivity index (χ4n) is 3.81. The Bertz CT molecular complexity index is 876. The number of aliphatic imine (C=N–C) groups is 1. The SMILES string of the molecule is CCOCCCNC(=NCc1nnc(C)n1C)N1CCC(c2cc(OC)cc(OC)c2)C1. The van der Waals surface area contributed by atoms with Gasteiger partial charge in [-0.3, -0.25) is 0 Å². The molecule has 0 amide bonds. The predicted molar refractivity (Wildman–Crippen MR) is 124 cm³/mol. The van der Waals surface area contributed by atoms with Gasteiger partial charge in [0, 0.05) is 51.9 Å². The maximum atomic E-state index is 5.47. The summed E-state index contributed by atoms with van der Waals surface area (Å²) in [4.78, 5) is 7.20. The summed E-state index contributed by atoms with van der Waals surface area (Å²) >= 11 is 0. The number of benzene rings is 1. The van der Waals surface area contributed by atoms with Gasteiger partial charge in [0.2, 0.25) is 0 Å². The minimum Gasteiger partial charge on any atom is -0.497 e. The molecule has 1 aliphatic heterocycles. The monoisotopic (exact) mass is 444 g/mol. The molecule has 1 N–H and O–H groups in total. The summed E-state index contributed by atoms with van der Waals surface area (Å²) in [7, 11) is 5.34. The lowest BCUT2D eigenvalue weighted by atomic mass is 9.98. The van der Waals surface area contributed by atoms with Gasteiger partial charge >= 0.3 is 0 Å². The molecule has 0 spiro atoms. The van der Waals surface area contributed by atoms with E-state index in [9.17, 15) is 0 Å². The molecule has 3 rings (SSSR count). The molecule has 1 aliphatic rings.